The van der Waals surface area contributed by atoms with E-state index < -0.39 is 9.84 Å². The molecule has 2 aromatic heterocycles. The summed E-state index contributed by atoms with van der Waals surface area (Å²) in [5.41, 5.74) is 7.60. The number of sulfone groups is 1. The van der Waals surface area contributed by atoms with Crippen LogP contribution in [0, 0.1) is 18.3 Å². The summed E-state index contributed by atoms with van der Waals surface area (Å²) in [6.07, 6.45) is 1.65. The van der Waals surface area contributed by atoms with Crippen LogP contribution in [0.15, 0.2) is 5.03 Å². The van der Waals surface area contributed by atoms with E-state index in [1.54, 1.807) is 13.0 Å². The van der Waals surface area contributed by atoms with E-state index in [0.29, 0.717) is 12.1 Å². The van der Waals surface area contributed by atoms with Gasteiger partial charge < -0.3 is 5.73 Å². The minimum absolute atomic E-state index is 0.00396. The van der Waals surface area contributed by atoms with Crippen LogP contribution in [0.25, 0.3) is 5.65 Å². The fourth-order valence-corrected chi connectivity index (χ4v) is 2.76. The lowest BCUT2D eigenvalue weighted by Gasteiger charge is -2.06. The fourth-order valence-electron chi connectivity index (χ4n) is 1.99. The Bertz CT molecular complexity index is 814. The summed E-state index contributed by atoms with van der Waals surface area (Å²) in [5, 5.41) is 13.0. The number of aryl methyl sites for hydroxylation is 2. The molecule has 0 saturated heterocycles. The lowest BCUT2D eigenvalue weighted by atomic mass is 10.2. The molecular weight excluding hydrogens is 266 g/mol. The van der Waals surface area contributed by atoms with Gasteiger partial charge in [-0.3, -0.25) is 0 Å². The fraction of sp³-hybridized carbons (Fsp3) is 0.364. The molecule has 0 spiro atoms. The SMILES string of the molecule is CCc1c(C)nn2c(N)c(C#N)c(S(C)(=O)=O)nc12. The number of fused-ring (bicyclic) bond motifs is 1. The number of nitriles is 1. The third-order valence-corrected chi connectivity index (χ3v) is 3.88. The second kappa shape index (κ2) is 4.20. The zero-order chi connectivity index (χ0) is 14.4. The zero-order valence-corrected chi connectivity index (χ0v) is 11.6. The molecule has 0 aromatic carbocycles. The molecule has 0 bridgehead atoms. The van der Waals surface area contributed by atoms with Gasteiger partial charge in [-0.1, -0.05) is 6.92 Å². The Balaban J connectivity index is 3.04. The summed E-state index contributed by atoms with van der Waals surface area (Å²) in [4.78, 5) is 4.08. The largest absolute Gasteiger partial charge is 0.382 e. The molecule has 2 heterocycles. The summed E-state index contributed by atoms with van der Waals surface area (Å²) in [6.45, 7) is 3.71. The van der Waals surface area contributed by atoms with Crippen molar-refractivity contribution in [1.82, 2.24) is 14.6 Å². The molecule has 0 aliphatic heterocycles. The number of rotatable bonds is 2. The van der Waals surface area contributed by atoms with Gasteiger partial charge >= 0.3 is 0 Å². The molecule has 19 heavy (non-hydrogen) atoms. The van der Waals surface area contributed by atoms with Crippen molar-refractivity contribution in [3.05, 3.63) is 16.8 Å². The first-order valence-electron chi connectivity index (χ1n) is 5.59. The Hall–Kier alpha value is -2.14. The van der Waals surface area contributed by atoms with Crippen molar-refractivity contribution in [2.24, 2.45) is 0 Å². The molecule has 0 saturated carbocycles. The molecule has 100 valence electrons. The van der Waals surface area contributed by atoms with Crippen LogP contribution in [0.3, 0.4) is 0 Å². The number of nitrogens with two attached hydrogens (primary N) is 1. The third kappa shape index (κ3) is 1.92. The van der Waals surface area contributed by atoms with Crippen molar-refractivity contribution in [3.8, 4) is 6.07 Å². The van der Waals surface area contributed by atoms with Gasteiger partial charge in [0, 0.05) is 11.8 Å². The van der Waals surface area contributed by atoms with Crippen molar-refractivity contribution in [3.63, 3.8) is 0 Å². The molecule has 0 unspecified atom stereocenters. The van der Waals surface area contributed by atoms with Gasteiger partial charge in [-0.15, -0.1) is 0 Å². The Morgan fingerprint density at radius 3 is 2.58 bits per heavy atom. The first kappa shape index (κ1) is 13.3. The average Bonchev–Trinajstić information content (AvgIpc) is 2.64. The summed E-state index contributed by atoms with van der Waals surface area (Å²) in [7, 11) is -3.63. The van der Waals surface area contributed by atoms with E-state index in [0.717, 1.165) is 17.5 Å². The lowest BCUT2D eigenvalue weighted by Crippen LogP contribution is -2.12. The molecule has 0 radical (unpaired) electrons. The van der Waals surface area contributed by atoms with Gasteiger partial charge in [-0.2, -0.15) is 14.9 Å². The van der Waals surface area contributed by atoms with E-state index in [1.807, 2.05) is 6.92 Å². The molecule has 8 heteroatoms. The Kier molecular flexibility index (Phi) is 2.94. The second-order valence-electron chi connectivity index (χ2n) is 4.21. The van der Waals surface area contributed by atoms with Gasteiger partial charge in [-0.05, 0) is 13.3 Å². The first-order valence-corrected chi connectivity index (χ1v) is 7.48. The minimum atomic E-state index is -3.63. The maximum absolute atomic E-state index is 11.7. The smallest absolute Gasteiger partial charge is 0.194 e. The number of hydrogen-bond acceptors (Lipinski definition) is 6. The van der Waals surface area contributed by atoms with E-state index >= 15 is 0 Å². The monoisotopic (exact) mass is 279 g/mol. The molecule has 2 aromatic rings. The Labute approximate surface area is 110 Å². The summed E-state index contributed by atoms with van der Waals surface area (Å²) in [6, 6.07) is 1.78. The van der Waals surface area contributed by atoms with Crippen LogP contribution in [0.2, 0.25) is 0 Å². The number of aromatic nitrogens is 3. The normalized spacial score (nSPS) is 11.7. The summed E-state index contributed by atoms with van der Waals surface area (Å²) >= 11 is 0. The molecule has 0 aliphatic rings. The summed E-state index contributed by atoms with van der Waals surface area (Å²) < 4.78 is 24.8. The van der Waals surface area contributed by atoms with Crippen molar-refractivity contribution < 1.29 is 8.42 Å². The van der Waals surface area contributed by atoms with Gasteiger partial charge in [0.1, 0.15) is 17.5 Å². The van der Waals surface area contributed by atoms with Crippen LogP contribution < -0.4 is 5.73 Å². The molecule has 0 amide bonds. The highest BCUT2D eigenvalue weighted by atomic mass is 32.2. The number of hydrogen-bond donors (Lipinski definition) is 1. The molecule has 7 nitrogen and oxygen atoms in total. The molecule has 0 fully saturated rings. The summed E-state index contributed by atoms with van der Waals surface area (Å²) in [5.74, 6) is -0.00396. The second-order valence-corrected chi connectivity index (χ2v) is 6.15. The molecule has 0 aliphatic carbocycles. The van der Waals surface area contributed by atoms with Crippen molar-refractivity contribution in [2.75, 3.05) is 12.0 Å². The van der Waals surface area contributed by atoms with Crippen LogP contribution >= 0.6 is 0 Å². The van der Waals surface area contributed by atoms with E-state index in [-0.39, 0.29) is 16.4 Å². The standard InChI is InChI=1S/C11H13N5O2S/c1-4-7-6(2)15-16-9(13)8(5-12)11(14-10(7)16)19(3,17)18/h4,13H2,1-3H3. The third-order valence-electron chi connectivity index (χ3n) is 2.88. The predicted molar refractivity (Wildman–Crippen MR) is 69.3 cm³/mol. The molecular formula is C11H13N5O2S. The van der Waals surface area contributed by atoms with Crippen molar-refractivity contribution in [2.45, 2.75) is 25.3 Å². The van der Waals surface area contributed by atoms with Gasteiger partial charge in [-0.25, -0.2) is 13.4 Å². The van der Waals surface area contributed by atoms with Crippen LogP contribution in [-0.4, -0.2) is 29.3 Å². The van der Waals surface area contributed by atoms with Crippen LogP contribution in [-0.2, 0) is 16.3 Å². The zero-order valence-electron chi connectivity index (χ0n) is 10.8. The van der Waals surface area contributed by atoms with E-state index in [9.17, 15) is 8.42 Å². The van der Waals surface area contributed by atoms with Gasteiger partial charge in [0.15, 0.2) is 20.5 Å². The Morgan fingerprint density at radius 2 is 2.11 bits per heavy atom. The quantitative estimate of drug-likeness (QED) is 0.798. The number of anilines is 1. The lowest BCUT2D eigenvalue weighted by molar-refractivity contribution is 0.597. The van der Waals surface area contributed by atoms with Gasteiger partial charge in [0.25, 0.3) is 0 Å². The highest BCUT2D eigenvalue weighted by Gasteiger charge is 2.23. The highest BCUT2D eigenvalue weighted by Crippen LogP contribution is 2.24. The predicted octanol–water partition coefficient (Wildman–Crippen LogP) is 0.458. The molecule has 2 N–H and O–H groups in total. The van der Waals surface area contributed by atoms with Crippen LogP contribution in [0.5, 0.6) is 0 Å². The first-order chi connectivity index (χ1) is 8.81. The number of nitrogen functional groups attached to an aromatic ring is 1. The van der Waals surface area contributed by atoms with Crippen molar-refractivity contribution in [1.29, 1.82) is 5.26 Å². The molecule has 2 rings (SSSR count). The molecule has 0 atom stereocenters. The van der Waals surface area contributed by atoms with E-state index in [2.05, 4.69) is 10.1 Å². The van der Waals surface area contributed by atoms with Crippen LogP contribution in [0.4, 0.5) is 5.82 Å². The minimum Gasteiger partial charge on any atom is -0.382 e. The number of nitrogens with zero attached hydrogens (tertiary/aromatic N) is 4. The van der Waals surface area contributed by atoms with E-state index in [1.165, 1.54) is 4.52 Å². The van der Waals surface area contributed by atoms with Gasteiger partial charge in [0.05, 0.1) is 5.69 Å². The topological polar surface area (TPSA) is 114 Å². The highest BCUT2D eigenvalue weighted by molar-refractivity contribution is 7.90. The maximum atomic E-state index is 11.7. The van der Waals surface area contributed by atoms with Crippen LogP contribution in [0.1, 0.15) is 23.7 Å². The van der Waals surface area contributed by atoms with E-state index in [4.69, 9.17) is 11.0 Å². The van der Waals surface area contributed by atoms with Gasteiger partial charge in [0.2, 0.25) is 0 Å². The maximum Gasteiger partial charge on any atom is 0.194 e. The Morgan fingerprint density at radius 1 is 1.47 bits per heavy atom. The average molecular weight is 279 g/mol. The van der Waals surface area contributed by atoms with Crippen molar-refractivity contribution >= 4 is 21.3 Å².